The Balaban J connectivity index is 1.45. The normalized spacial score (nSPS) is 14.1. The predicted molar refractivity (Wildman–Crippen MR) is 136 cm³/mol. The van der Waals surface area contributed by atoms with Crippen LogP contribution in [0.5, 0.6) is 5.75 Å². The molecule has 0 bridgehead atoms. The molecule has 1 saturated heterocycles. The smallest absolute Gasteiger partial charge is 0.251 e. The van der Waals surface area contributed by atoms with E-state index in [1.54, 1.807) is 30.0 Å². The number of phenols is 1. The van der Waals surface area contributed by atoms with E-state index in [-0.39, 0.29) is 11.7 Å². The van der Waals surface area contributed by atoms with Gasteiger partial charge in [0.25, 0.3) is 5.91 Å². The van der Waals surface area contributed by atoms with Gasteiger partial charge in [0.15, 0.2) is 0 Å². The van der Waals surface area contributed by atoms with Crippen LogP contribution in [0.3, 0.4) is 0 Å². The van der Waals surface area contributed by atoms with Crippen LogP contribution in [0, 0.1) is 6.92 Å². The van der Waals surface area contributed by atoms with E-state index in [2.05, 4.69) is 28.9 Å². The third kappa shape index (κ3) is 5.81. The molecule has 1 fully saturated rings. The minimum absolute atomic E-state index is 0.159. The zero-order valence-corrected chi connectivity index (χ0v) is 20.1. The van der Waals surface area contributed by atoms with E-state index in [0.29, 0.717) is 38.0 Å². The van der Waals surface area contributed by atoms with Crippen molar-refractivity contribution in [3.8, 4) is 5.75 Å². The van der Waals surface area contributed by atoms with Crippen LogP contribution in [-0.2, 0) is 6.54 Å². The second-order valence-electron chi connectivity index (χ2n) is 8.54. The standard InChI is InChI=1S/C28H29FN2O2S/c1-19-16-22(28(33)30-18-21-6-5-7-24(32)17-21)10-11-26(19)34-27-9-4-3-8-25(27)20(2)31-14-12-23(29)13-15-31/h3-11,16-17,23,32H,2,12-15,18H2,1H3,(H,30,33). The minimum atomic E-state index is -0.716. The SMILES string of the molecule is C=C(c1ccccc1Sc1ccc(C(=O)NCc2cccc(O)c2)cc1C)N1CCC(F)CC1. The number of nitrogens with zero attached hydrogens (tertiary/aromatic N) is 1. The van der Waals surface area contributed by atoms with Crippen LogP contribution in [0.2, 0.25) is 0 Å². The highest BCUT2D eigenvalue weighted by Gasteiger charge is 2.21. The zero-order chi connectivity index (χ0) is 24.1. The lowest BCUT2D eigenvalue weighted by Crippen LogP contribution is -2.32. The van der Waals surface area contributed by atoms with Crippen LogP contribution in [0.15, 0.2) is 83.1 Å². The van der Waals surface area contributed by atoms with Gasteiger partial charge in [0, 0.05) is 46.2 Å². The van der Waals surface area contributed by atoms with Crippen molar-refractivity contribution in [1.82, 2.24) is 10.2 Å². The number of amides is 1. The first-order valence-corrected chi connectivity index (χ1v) is 12.2. The van der Waals surface area contributed by atoms with E-state index in [9.17, 15) is 14.3 Å². The van der Waals surface area contributed by atoms with Gasteiger partial charge >= 0.3 is 0 Å². The lowest BCUT2D eigenvalue weighted by atomic mass is 10.1. The van der Waals surface area contributed by atoms with Gasteiger partial charge in [0.2, 0.25) is 0 Å². The molecule has 3 aromatic carbocycles. The third-order valence-corrected chi connectivity index (χ3v) is 7.28. The molecule has 0 unspecified atom stereocenters. The van der Waals surface area contributed by atoms with Crippen molar-refractivity contribution >= 4 is 23.4 Å². The number of aromatic hydroxyl groups is 1. The molecule has 1 heterocycles. The van der Waals surface area contributed by atoms with E-state index >= 15 is 0 Å². The van der Waals surface area contributed by atoms with Gasteiger partial charge in [-0.05, 0) is 67.3 Å². The first-order chi connectivity index (χ1) is 16.4. The first kappa shape index (κ1) is 23.9. The Morgan fingerprint density at radius 3 is 2.59 bits per heavy atom. The van der Waals surface area contributed by atoms with Gasteiger partial charge in [-0.3, -0.25) is 4.79 Å². The number of piperidine rings is 1. The maximum absolute atomic E-state index is 13.6. The highest BCUT2D eigenvalue weighted by atomic mass is 32.2. The number of phenolic OH excluding ortho intramolecular Hbond substituents is 1. The Bertz CT molecular complexity index is 1190. The maximum Gasteiger partial charge on any atom is 0.251 e. The molecule has 0 saturated carbocycles. The molecule has 6 heteroatoms. The topological polar surface area (TPSA) is 52.6 Å². The summed E-state index contributed by atoms with van der Waals surface area (Å²) in [7, 11) is 0. The van der Waals surface area contributed by atoms with Crippen LogP contribution >= 0.6 is 11.8 Å². The molecule has 176 valence electrons. The van der Waals surface area contributed by atoms with Gasteiger partial charge in [-0.15, -0.1) is 0 Å². The Kier molecular flexibility index (Phi) is 7.58. The van der Waals surface area contributed by atoms with Crippen molar-refractivity contribution < 1.29 is 14.3 Å². The predicted octanol–water partition coefficient (Wildman–Crippen LogP) is 6.19. The maximum atomic E-state index is 13.6. The highest BCUT2D eigenvalue weighted by molar-refractivity contribution is 7.99. The summed E-state index contributed by atoms with van der Waals surface area (Å²) in [6, 6.07) is 20.7. The zero-order valence-electron chi connectivity index (χ0n) is 19.3. The Morgan fingerprint density at radius 2 is 1.85 bits per heavy atom. The van der Waals surface area contributed by atoms with E-state index in [1.807, 2.05) is 43.3 Å². The fourth-order valence-corrected chi connectivity index (χ4v) is 5.09. The number of hydrogen-bond donors (Lipinski definition) is 2. The average Bonchev–Trinajstić information content (AvgIpc) is 2.84. The molecule has 2 N–H and O–H groups in total. The van der Waals surface area contributed by atoms with Crippen molar-refractivity contribution in [2.75, 3.05) is 13.1 Å². The Hall–Kier alpha value is -3.25. The molecule has 0 aliphatic carbocycles. The number of carbonyl (C=O) groups excluding carboxylic acids is 1. The molecule has 3 aromatic rings. The largest absolute Gasteiger partial charge is 0.508 e. The monoisotopic (exact) mass is 476 g/mol. The van der Waals surface area contributed by atoms with Crippen molar-refractivity contribution in [2.24, 2.45) is 0 Å². The van der Waals surface area contributed by atoms with Gasteiger partial charge in [0.1, 0.15) is 11.9 Å². The summed E-state index contributed by atoms with van der Waals surface area (Å²) in [4.78, 5) is 17.0. The second-order valence-corrected chi connectivity index (χ2v) is 9.62. The number of halogens is 1. The molecule has 1 amide bonds. The summed E-state index contributed by atoms with van der Waals surface area (Å²) in [6.45, 7) is 8.02. The summed E-state index contributed by atoms with van der Waals surface area (Å²) >= 11 is 1.64. The van der Waals surface area contributed by atoms with Gasteiger partial charge in [-0.25, -0.2) is 4.39 Å². The number of nitrogens with one attached hydrogen (secondary N) is 1. The summed E-state index contributed by atoms with van der Waals surface area (Å²) in [5.74, 6) is 0.0202. The number of likely N-dealkylation sites (tertiary alicyclic amines) is 1. The summed E-state index contributed by atoms with van der Waals surface area (Å²) < 4.78 is 13.6. The third-order valence-electron chi connectivity index (χ3n) is 6.02. The van der Waals surface area contributed by atoms with E-state index in [1.165, 1.54) is 0 Å². The molecule has 1 aliphatic heterocycles. The van der Waals surface area contributed by atoms with Crippen molar-refractivity contribution in [2.45, 2.75) is 42.3 Å². The fraction of sp³-hybridized carbons (Fsp3) is 0.250. The number of aryl methyl sites for hydroxylation is 1. The van der Waals surface area contributed by atoms with Crippen molar-refractivity contribution in [3.05, 3.63) is 95.6 Å². The Morgan fingerprint density at radius 1 is 1.09 bits per heavy atom. The number of hydrogen-bond acceptors (Lipinski definition) is 4. The van der Waals surface area contributed by atoms with Crippen LogP contribution < -0.4 is 5.32 Å². The molecule has 4 nitrogen and oxygen atoms in total. The van der Waals surface area contributed by atoms with Gasteiger partial charge in [-0.2, -0.15) is 0 Å². The molecular formula is C28H29FN2O2S. The summed E-state index contributed by atoms with van der Waals surface area (Å²) in [5, 5.41) is 12.5. The minimum Gasteiger partial charge on any atom is -0.508 e. The van der Waals surface area contributed by atoms with Crippen LogP contribution in [0.4, 0.5) is 4.39 Å². The molecule has 4 rings (SSSR count). The Labute approximate surface area is 204 Å². The van der Waals surface area contributed by atoms with Crippen LogP contribution in [0.1, 0.15) is 39.9 Å². The van der Waals surface area contributed by atoms with E-state index in [4.69, 9.17) is 0 Å². The van der Waals surface area contributed by atoms with E-state index in [0.717, 1.165) is 32.2 Å². The lowest BCUT2D eigenvalue weighted by molar-refractivity contribution is 0.0950. The first-order valence-electron chi connectivity index (χ1n) is 11.4. The van der Waals surface area contributed by atoms with Crippen molar-refractivity contribution in [1.29, 1.82) is 0 Å². The molecule has 0 radical (unpaired) electrons. The molecule has 0 spiro atoms. The van der Waals surface area contributed by atoms with Crippen molar-refractivity contribution in [3.63, 3.8) is 0 Å². The van der Waals surface area contributed by atoms with E-state index < -0.39 is 6.17 Å². The fourth-order valence-electron chi connectivity index (χ4n) is 4.06. The number of benzene rings is 3. The molecule has 1 aliphatic rings. The molecule has 0 aromatic heterocycles. The molecule has 0 atom stereocenters. The second kappa shape index (κ2) is 10.8. The molecular weight excluding hydrogens is 447 g/mol. The van der Waals surface area contributed by atoms with Crippen LogP contribution in [0.25, 0.3) is 5.70 Å². The lowest BCUT2D eigenvalue weighted by Gasteiger charge is -2.32. The quantitative estimate of drug-likeness (QED) is 0.427. The number of carbonyl (C=O) groups is 1. The summed E-state index contributed by atoms with van der Waals surface area (Å²) in [5.41, 5.74) is 4.42. The van der Waals surface area contributed by atoms with Gasteiger partial charge in [0.05, 0.1) is 0 Å². The number of alkyl halides is 1. The summed E-state index contributed by atoms with van der Waals surface area (Å²) in [6.07, 6.45) is 0.372. The van der Waals surface area contributed by atoms with Gasteiger partial charge in [-0.1, -0.05) is 48.7 Å². The number of rotatable bonds is 7. The van der Waals surface area contributed by atoms with Crippen LogP contribution in [-0.4, -0.2) is 35.2 Å². The van der Waals surface area contributed by atoms with Gasteiger partial charge < -0.3 is 15.3 Å². The molecule has 34 heavy (non-hydrogen) atoms. The highest BCUT2D eigenvalue weighted by Crippen LogP contribution is 2.37. The average molecular weight is 477 g/mol.